The van der Waals surface area contributed by atoms with Crippen molar-refractivity contribution >= 4 is 49.6 Å². The quantitative estimate of drug-likeness (QED) is 0.838. The lowest BCUT2D eigenvalue weighted by Crippen LogP contribution is -2.07. The second kappa shape index (κ2) is 5.68. The molecular weight excluding hydrogens is 334 g/mol. The summed E-state index contributed by atoms with van der Waals surface area (Å²) >= 11 is 1.18. The number of benzene rings is 2. The van der Waals surface area contributed by atoms with Crippen molar-refractivity contribution in [2.75, 3.05) is 5.32 Å². The van der Waals surface area contributed by atoms with Gasteiger partial charge in [-0.2, -0.15) is 0 Å². The van der Waals surface area contributed by atoms with Crippen molar-refractivity contribution in [3.8, 4) is 0 Å². The average molecular weight is 343 g/mol. The molecule has 1 unspecified atom stereocenters. The van der Waals surface area contributed by atoms with Gasteiger partial charge in [0.2, 0.25) is 0 Å². The number of hydrogen-bond acceptors (Lipinski definition) is 3. The van der Waals surface area contributed by atoms with E-state index in [1.807, 2.05) is 0 Å². The van der Waals surface area contributed by atoms with Crippen LogP contribution in [0, 0.1) is 0 Å². The van der Waals surface area contributed by atoms with Gasteiger partial charge < -0.3 is 9.66 Å². The predicted octanol–water partition coefficient (Wildman–Crippen LogP) is 3.07. The molecule has 100 valence electrons. The smallest absolute Gasteiger partial charge is 0.409 e. The minimum Gasteiger partial charge on any atom is -0.772 e. The Morgan fingerprint density at radius 3 is 2.68 bits per heavy atom. The van der Waals surface area contributed by atoms with Crippen molar-refractivity contribution in [1.29, 1.82) is 0 Å². The van der Waals surface area contributed by atoms with E-state index in [1.165, 1.54) is 0 Å². The van der Waals surface area contributed by atoms with Gasteiger partial charge in [0.05, 0.1) is 5.69 Å². The van der Waals surface area contributed by atoms with E-state index < -0.39 is 17.2 Å². The van der Waals surface area contributed by atoms with Gasteiger partial charge in [0.15, 0.2) is 0 Å². The van der Waals surface area contributed by atoms with Crippen LogP contribution >= 0.6 is 15.9 Å². The molecule has 0 radical (unpaired) electrons. The van der Waals surface area contributed by atoms with Crippen molar-refractivity contribution in [2.24, 2.45) is 0 Å². The van der Waals surface area contributed by atoms with E-state index >= 15 is 0 Å². The van der Waals surface area contributed by atoms with E-state index in [2.05, 4.69) is 21.2 Å². The minimum atomic E-state index is -2.16. The van der Waals surface area contributed by atoms with Crippen LogP contribution in [0.5, 0.6) is 0 Å². The fraction of sp³-hybridized carbons (Fsp3) is 0.0833. The van der Waals surface area contributed by atoms with E-state index in [1.54, 1.807) is 30.3 Å². The normalized spacial score (nSPS) is 12.3. The molecule has 2 rings (SSSR count). The third-order valence-corrected chi connectivity index (χ3v) is 3.97. The van der Waals surface area contributed by atoms with Gasteiger partial charge in [0.1, 0.15) is 0 Å². The molecule has 7 heteroatoms. The molecular formula is C12H9BrNO4S-. The fourth-order valence-corrected chi connectivity index (χ4v) is 2.79. The van der Waals surface area contributed by atoms with Gasteiger partial charge in [-0.1, -0.05) is 29.3 Å². The van der Waals surface area contributed by atoms with Crippen LogP contribution in [0.2, 0.25) is 0 Å². The summed E-state index contributed by atoms with van der Waals surface area (Å²) in [7, 11) is 0. The summed E-state index contributed by atoms with van der Waals surface area (Å²) in [4.78, 5) is 10.7. The van der Waals surface area contributed by atoms with Crippen LogP contribution in [0.15, 0.2) is 34.8 Å². The first-order valence-corrected chi connectivity index (χ1v) is 7.28. The molecule has 0 bridgehead atoms. The first-order chi connectivity index (χ1) is 8.97. The van der Waals surface area contributed by atoms with Crippen molar-refractivity contribution in [2.45, 2.75) is 5.75 Å². The molecule has 0 aliphatic heterocycles. The highest BCUT2D eigenvalue weighted by Crippen LogP contribution is 2.32. The molecule has 0 aromatic heterocycles. The summed E-state index contributed by atoms with van der Waals surface area (Å²) in [6.07, 6.45) is -1.16. The Balaban J connectivity index is 2.52. The van der Waals surface area contributed by atoms with E-state index in [0.717, 1.165) is 10.8 Å². The van der Waals surface area contributed by atoms with E-state index in [9.17, 15) is 13.6 Å². The zero-order valence-electron chi connectivity index (χ0n) is 9.55. The van der Waals surface area contributed by atoms with Crippen LogP contribution in [-0.4, -0.2) is 20.0 Å². The van der Waals surface area contributed by atoms with Crippen molar-refractivity contribution in [1.82, 2.24) is 0 Å². The summed E-state index contributed by atoms with van der Waals surface area (Å²) < 4.78 is 22.0. The number of halogens is 1. The average Bonchev–Trinajstić information content (AvgIpc) is 2.32. The van der Waals surface area contributed by atoms with Crippen molar-refractivity contribution in [3.63, 3.8) is 0 Å². The zero-order valence-corrected chi connectivity index (χ0v) is 12.0. The monoisotopic (exact) mass is 342 g/mol. The summed E-state index contributed by atoms with van der Waals surface area (Å²) in [6.45, 7) is 0. The summed E-state index contributed by atoms with van der Waals surface area (Å²) in [5.74, 6) is -0.0705. The lowest BCUT2D eigenvalue weighted by atomic mass is 10.1. The van der Waals surface area contributed by atoms with E-state index in [-0.39, 0.29) is 5.75 Å². The summed E-state index contributed by atoms with van der Waals surface area (Å²) in [6, 6.07) is 8.67. The lowest BCUT2D eigenvalue weighted by molar-refractivity contribution is 0.209. The predicted molar refractivity (Wildman–Crippen MR) is 75.9 cm³/mol. The van der Waals surface area contributed by atoms with Crippen LogP contribution in [0.3, 0.4) is 0 Å². The van der Waals surface area contributed by atoms with Crippen LogP contribution in [0.1, 0.15) is 5.56 Å². The van der Waals surface area contributed by atoms with E-state index in [0.29, 0.717) is 15.7 Å². The largest absolute Gasteiger partial charge is 0.772 e. The first kappa shape index (κ1) is 14.0. The summed E-state index contributed by atoms with van der Waals surface area (Å²) in [5.41, 5.74) is 1.06. The van der Waals surface area contributed by atoms with Gasteiger partial charge in [0, 0.05) is 10.2 Å². The number of anilines is 1. The number of hydrogen-bond donors (Lipinski definition) is 2. The number of amides is 1. The number of carbonyl (C=O) groups is 1. The molecule has 0 aliphatic rings. The Bertz CT molecular complexity index is 669. The van der Waals surface area contributed by atoms with Crippen LogP contribution < -0.4 is 5.32 Å². The van der Waals surface area contributed by atoms with Gasteiger partial charge in [-0.05, 0) is 44.4 Å². The Kier molecular flexibility index (Phi) is 4.18. The van der Waals surface area contributed by atoms with Gasteiger partial charge >= 0.3 is 6.09 Å². The maximum atomic E-state index is 10.7. The number of nitrogens with one attached hydrogen (secondary N) is 1. The second-order valence-electron chi connectivity index (χ2n) is 3.86. The van der Waals surface area contributed by atoms with Crippen LogP contribution in [0.25, 0.3) is 10.8 Å². The minimum absolute atomic E-state index is 0.0705. The van der Waals surface area contributed by atoms with E-state index in [4.69, 9.17) is 5.11 Å². The molecule has 19 heavy (non-hydrogen) atoms. The first-order valence-electron chi connectivity index (χ1n) is 5.24. The second-order valence-corrected chi connectivity index (χ2v) is 5.55. The van der Waals surface area contributed by atoms with Crippen LogP contribution in [-0.2, 0) is 16.8 Å². The molecule has 0 fully saturated rings. The maximum Gasteiger partial charge on any atom is 0.409 e. The summed E-state index contributed by atoms with van der Waals surface area (Å²) in [5, 5.41) is 12.6. The Hall–Kier alpha value is -1.44. The molecule has 0 saturated heterocycles. The highest BCUT2D eigenvalue weighted by atomic mass is 79.9. The fourth-order valence-electron chi connectivity index (χ4n) is 1.77. The molecule has 2 aromatic rings. The highest BCUT2D eigenvalue weighted by Gasteiger charge is 2.08. The molecule has 1 amide bonds. The van der Waals surface area contributed by atoms with Gasteiger partial charge in [0.25, 0.3) is 0 Å². The maximum absolute atomic E-state index is 10.7. The highest BCUT2D eigenvalue weighted by molar-refractivity contribution is 9.10. The molecule has 2 N–H and O–H groups in total. The molecule has 0 aliphatic carbocycles. The third-order valence-electron chi connectivity index (χ3n) is 2.55. The zero-order chi connectivity index (χ0) is 14.0. The lowest BCUT2D eigenvalue weighted by Gasteiger charge is -2.10. The van der Waals surface area contributed by atoms with Crippen LogP contribution in [0.4, 0.5) is 10.5 Å². The van der Waals surface area contributed by atoms with Gasteiger partial charge in [-0.3, -0.25) is 9.53 Å². The van der Waals surface area contributed by atoms with Crippen molar-refractivity contribution < 1.29 is 18.7 Å². The van der Waals surface area contributed by atoms with Gasteiger partial charge in [-0.25, -0.2) is 4.79 Å². The van der Waals surface area contributed by atoms with Gasteiger partial charge in [-0.15, -0.1) is 0 Å². The SMILES string of the molecule is O=C(O)Nc1ccc2ccc(CS(=O)[O-])cc2c1Br. The topological polar surface area (TPSA) is 89.5 Å². The molecule has 5 nitrogen and oxygen atoms in total. The molecule has 1 atom stereocenters. The third kappa shape index (κ3) is 3.31. The standard InChI is InChI=1S/C12H10BrNO4S/c13-11-9-5-7(6-19(17)18)1-2-8(9)3-4-10(11)14-12(15)16/h1-5,14H,6H2,(H,15,16)(H,17,18)/p-1. The molecule has 0 spiro atoms. The molecule has 2 aromatic carbocycles. The Morgan fingerprint density at radius 1 is 1.37 bits per heavy atom. The molecule has 0 saturated carbocycles. The Morgan fingerprint density at radius 2 is 2.05 bits per heavy atom. The number of carboxylic acid groups (broad SMARTS) is 1. The van der Waals surface area contributed by atoms with Crippen molar-refractivity contribution in [3.05, 3.63) is 40.4 Å². The number of rotatable bonds is 3. The Labute approximate surface area is 120 Å². The number of fused-ring (bicyclic) bond motifs is 1. The molecule has 0 heterocycles.